The van der Waals surface area contributed by atoms with Crippen LogP contribution in [0.1, 0.15) is 23.0 Å². The lowest BCUT2D eigenvalue weighted by Crippen LogP contribution is -2.00. The van der Waals surface area contributed by atoms with E-state index >= 15 is 0 Å². The molecule has 0 spiro atoms. The summed E-state index contributed by atoms with van der Waals surface area (Å²) in [5.74, 6) is 0.735. The van der Waals surface area contributed by atoms with Crippen molar-refractivity contribution >= 4 is 5.78 Å². The molecule has 0 saturated heterocycles. The van der Waals surface area contributed by atoms with Gasteiger partial charge in [-0.2, -0.15) is 5.10 Å². The van der Waals surface area contributed by atoms with Gasteiger partial charge in [0.25, 0.3) is 0 Å². The van der Waals surface area contributed by atoms with Crippen molar-refractivity contribution in [3.8, 4) is 5.82 Å². The van der Waals surface area contributed by atoms with Crippen LogP contribution in [-0.4, -0.2) is 20.5 Å². The number of hydrogen-bond acceptors (Lipinski definition) is 3. The highest BCUT2D eigenvalue weighted by Gasteiger charge is 2.02. The molecule has 0 aromatic carbocycles. The van der Waals surface area contributed by atoms with Crippen molar-refractivity contribution in [1.29, 1.82) is 0 Å². The van der Waals surface area contributed by atoms with Crippen molar-refractivity contribution in [2.45, 2.75) is 13.8 Å². The number of pyridine rings is 1. The van der Waals surface area contributed by atoms with E-state index in [0.29, 0.717) is 11.4 Å². The summed E-state index contributed by atoms with van der Waals surface area (Å²) in [6.07, 6.45) is 3.40. The highest BCUT2D eigenvalue weighted by atomic mass is 16.1. The summed E-state index contributed by atoms with van der Waals surface area (Å²) in [6, 6.07) is 5.44. The molecule has 2 aromatic rings. The number of ketones is 1. The first-order valence-electron chi connectivity index (χ1n) is 4.66. The van der Waals surface area contributed by atoms with Crippen molar-refractivity contribution in [2.75, 3.05) is 0 Å². The smallest absolute Gasteiger partial charge is 0.161 e. The lowest BCUT2D eigenvalue weighted by molar-refractivity contribution is 0.101. The van der Waals surface area contributed by atoms with Crippen LogP contribution < -0.4 is 0 Å². The van der Waals surface area contributed by atoms with Gasteiger partial charge in [-0.15, -0.1) is 0 Å². The number of carbonyl (C=O) groups is 1. The van der Waals surface area contributed by atoms with Gasteiger partial charge in [0.2, 0.25) is 0 Å². The maximum Gasteiger partial charge on any atom is 0.161 e. The number of Topliss-reactive ketones (excluding diaryl/α,β-unsaturated/α-hetero) is 1. The minimum absolute atomic E-state index is 0.0192. The molecule has 76 valence electrons. The van der Waals surface area contributed by atoms with Gasteiger partial charge in [-0.3, -0.25) is 4.79 Å². The molecule has 0 N–H and O–H groups in total. The predicted molar refractivity (Wildman–Crippen MR) is 56.1 cm³/mol. The van der Waals surface area contributed by atoms with Gasteiger partial charge in [0.1, 0.15) is 0 Å². The third-order valence-corrected chi connectivity index (χ3v) is 2.11. The monoisotopic (exact) mass is 201 g/mol. The first-order valence-corrected chi connectivity index (χ1v) is 4.66. The number of carbonyl (C=O) groups excluding carboxylic acids is 1. The summed E-state index contributed by atoms with van der Waals surface area (Å²) >= 11 is 0. The molecule has 0 saturated carbocycles. The van der Waals surface area contributed by atoms with Gasteiger partial charge >= 0.3 is 0 Å². The van der Waals surface area contributed by atoms with Crippen LogP contribution in [0.5, 0.6) is 0 Å². The predicted octanol–water partition coefficient (Wildman–Crippen LogP) is 1.78. The Hall–Kier alpha value is -1.97. The molecule has 2 aromatic heterocycles. The molecule has 0 fully saturated rings. The summed E-state index contributed by atoms with van der Waals surface area (Å²) in [5.41, 5.74) is 1.55. The molecule has 0 aliphatic heterocycles. The topological polar surface area (TPSA) is 47.8 Å². The molecule has 0 bridgehead atoms. The summed E-state index contributed by atoms with van der Waals surface area (Å²) in [4.78, 5) is 15.2. The third-order valence-electron chi connectivity index (χ3n) is 2.11. The zero-order chi connectivity index (χ0) is 10.8. The van der Waals surface area contributed by atoms with E-state index in [9.17, 15) is 4.79 Å². The first-order chi connectivity index (χ1) is 7.16. The SMILES string of the molecule is CC(=O)c1ccc(-n2ccc(C)n2)nc1. The first kappa shape index (κ1) is 9.58. The Labute approximate surface area is 87.6 Å². The molecule has 0 radical (unpaired) electrons. The van der Waals surface area contributed by atoms with Crippen LogP contribution in [0.4, 0.5) is 0 Å². The summed E-state index contributed by atoms with van der Waals surface area (Å²) in [6.45, 7) is 3.44. The zero-order valence-corrected chi connectivity index (χ0v) is 8.64. The normalized spacial score (nSPS) is 10.3. The van der Waals surface area contributed by atoms with Crippen LogP contribution in [0.3, 0.4) is 0 Å². The Bertz CT molecular complexity index is 485. The van der Waals surface area contributed by atoms with Crippen LogP contribution in [0.25, 0.3) is 5.82 Å². The summed E-state index contributed by atoms with van der Waals surface area (Å²) in [7, 11) is 0. The number of nitrogens with zero attached hydrogens (tertiary/aromatic N) is 3. The highest BCUT2D eigenvalue weighted by Crippen LogP contribution is 2.06. The van der Waals surface area contributed by atoms with Crippen molar-refractivity contribution in [3.63, 3.8) is 0 Å². The maximum atomic E-state index is 11.0. The molecule has 0 aliphatic rings. The summed E-state index contributed by atoms with van der Waals surface area (Å²) in [5, 5.41) is 4.22. The molecule has 2 heterocycles. The average molecular weight is 201 g/mol. The molecule has 0 atom stereocenters. The van der Waals surface area contributed by atoms with Gasteiger partial charge in [0.05, 0.1) is 5.69 Å². The fourth-order valence-electron chi connectivity index (χ4n) is 1.27. The minimum Gasteiger partial charge on any atom is -0.294 e. The van der Waals surface area contributed by atoms with Gasteiger partial charge in [-0.25, -0.2) is 9.67 Å². The Kier molecular flexibility index (Phi) is 2.33. The largest absolute Gasteiger partial charge is 0.294 e. The van der Waals surface area contributed by atoms with Gasteiger partial charge in [0, 0.05) is 18.0 Å². The molecule has 0 aliphatic carbocycles. The number of hydrogen-bond donors (Lipinski definition) is 0. The Morgan fingerprint density at radius 1 is 1.33 bits per heavy atom. The average Bonchev–Trinajstić information content (AvgIpc) is 2.65. The van der Waals surface area contributed by atoms with E-state index in [-0.39, 0.29) is 5.78 Å². The van der Waals surface area contributed by atoms with Gasteiger partial charge in [0.15, 0.2) is 11.6 Å². The zero-order valence-electron chi connectivity index (χ0n) is 8.64. The molecule has 15 heavy (non-hydrogen) atoms. The molecule has 4 heteroatoms. The number of aromatic nitrogens is 3. The van der Waals surface area contributed by atoms with Crippen LogP contribution >= 0.6 is 0 Å². The molecular weight excluding hydrogens is 190 g/mol. The second kappa shape index (κ2) is 3.65. The maximum absolute atomic E-state index is 11.0. The van der Waals surface area contributed by atoms with E-state index in [2.05, 4.69) is 10.1 Å². The Balaban J connectivity index is 2.35. The second-order valence-electron chi connectivity index (χ2n) is 3.36. The summed E-state index contributed by atoms with van der Waals surface area (Å²) < 4.78 is 1.68. The van der Waals surface area contributed by atoms with E-state index in [1.807, 2.05) is 19.2 Å². The van der Waals surface area contributed by atoms with Crippen LogP contribution in [0.15, 0.2) is 30.6 Å². The Morgan fingerprint density at radius 3 is 2.60 bits per heavy atom. The lowest BCUT2D eigenvalue weighted by Gasteiger charge is -2.00. The van der Waals surface area contributed by atoms with Crippen molar-refractivity contribution in [2.24, 2.45) is 0 Å². The second-order valence-corrected chi connectivity index (χ2v) is 3.36. The highest BCUT2D eigenvalue weighted by molar-refractivity contribution is 5.93. The van der Waals surface area contributed by atoms with Crippen molar-refractivity contribution in [1.82, 2.24) is 14.8 Å². The van der Waals surface area contributed by atoms with Crippen LogP contribution in [0.2, 0.25) is 0 Å². The standard InChI is InChI=1S/C11H11N3O/c1-8-5-6-14(13-8)11-4-3-10(7-12-11)9(2)15/h3-7H,1-2H3. The molecule has 2 rings (SSSR count). The van der Waals surface area contributed by atoms with E-state index in [1.165, 1.54) is 6.92 Å². The molecule has 4 nitrogen and oxygen atoms in total. The van der Waals surface area contributed by atoms with Gasteiger partial charge in [-0.1, -0.05) is 0 Å². The molecule has 0 amide bonds. The van der Waals surface area contributed by atoms with Crippen molar-refractivity contribution in [3.05, 3.63) is 41.9 Å². The third kappa shape index (κ3) is 1.93. The van der Waals surface area contributed by atoms with E-state index in [1.54, 1.807) is 23.0 Å². The van der Waals surface area contributed by atoms with E-state index in [0.717, 1.165) is 5.69 Å². The quantitative estimate of drug-likeness (QED) is 0.696. The fraction of sp³-hybridized carbons (Fsp3) is 0.182. The van der Waals surface area contributed by atoms with E-state index in [4.69, 9.17) is 0 Å². The fourth-order valence-corrected chi connectivity index (χ4v) is 1.27. The van der Waals surface area contributed by atoms with Gasteiger partial charge in [-0.05, 0) is 32.0 Å². The minimum atomic E-state index is 0.0192. The van der Waals surface area contributed by atoms with Crippen LogP contribution in [0, 0.1) is 6.92 Å². The van der Waals surface area contributed by atoms with Crippen molar-refractivity contribution < 1.29 is 4.79 Å². The van der Waals surface area contributed by atoms with Gasteiger partial charge < -0.3 is 0 Å². The molecule has 0 unspecified atom stereocenters. The number of rotatable bonds is 2. The Morgan fingerprint density at radius 2 is 2.13 bits per heavy atom. The van der Waals surface area contributed by atoms with E-state index < -0.39 is 0 Å². The van der Waals surface area contributed by atoms with Crippen LogP contribution in [-0.2, 0) is 0 Å². The lowest BCUT2D eigenvalue weighted by atomic mass is 10.2. The molecular formula is C11H11N3O. The number of aryl methyl sites for hydroxylation is 1.